The number of phenols is 1. The predicted octanol–water partition coefficient (Wildman–Crippen LogP) is 2.99. The van der Waals surface area contributed by atoms with Crippen LogP contribution in [-0.4, -0.2) is 20.2 Å². The summed E-state index contributed by atoms with van der Waals surface area (Å²) in [6.45, 7) is 2.06. The molecule has 0 saturated heterocycles. The molecular weight excluding hydrogens is 266 g/mol. The molecule has 2 aromatic heterocycles. The van der Waals surface area contributed by atoms with Crippen molar-refractivity contribution in [2.24, 2.45) is 0 Å². The van der Waals surface area contributed by atoms with Crippen LogP contribution in [-0.2, 0) is 12.8 Å². The fraction of sp³-hybridized carbons (Fsp3) is 0.188. The summed E-state index contributed by atoms with van der Waals surface area (Å²) in [5, 5.41) is 13.8. The molecule has 0 spiro atoms. The van der Waals surface area contributed by atoms with Crippen LogP contribution in [0.2, 0.25) is 0 Å². The Morgan fingerprint density at radius 2 is 2.00 bits per heavy atom. The highest BCUT2D eigenvalue weighted by Gasteiger charge is 2.13. The van der Waals surface area contributed by atoms with E-state index in [1.807, 2.05) is 24.4 Å². The van der Waals surface area contributed by atoms with E-state index < -0.39 is 0 Å². The van der Waals surface area contributed by atoms with Crippen molar-refractivity contribution >= 4 is 0 Å². The smallest absolute Gasteiger partial charge is 0.231 e. The number of rotatable bonds is 4. The molecule has 3 rings (SSSR count). The fourth-order valence-electron chi connectivity index (χ4n) is 2.19. The molecule has 1 aromatic carbocycles. The minimum atomic E-state index is 0.232. The third-order valence-corrected chi connectivity index (χ3v) is 3.33. The highest BCUT2D eigenvalue weighted by atomic mass is 16.5. The molecule has 106 valence electrons. The topological polar surface area (TPSA) is 72.0 Å². The Morgan fingerprint density at radius 3 is 2.81 bits per heavy atom. The van der Waals surface area contributed by atoms with Crippen molar-refractivity contribution < 1.29 is 9.63 Å². The predicted molar refractivity (Wildman–Crippen MR) is 77.8 cm³/mol. The minimum Gasteiger partial charge on any atom is -0.508 e. The van der Waals surface area contributed by atoms with Crippen molar-refractivity contribution in [3.05, 3.63) is 59.7 Å². The van der Waals surface area contributed by atoms with Gasteiger partial charge in [-0.3, -0.25) is 4.98 Å². The van der Waals surface area contributed by atoms with Gasteiger partial charge in [0.15, 0.2) is 0 Å². The van der Waals surface area contributed by atoms with E-state index in [1.165, 1.54) is 0 Å². The SMILES string of the molecule is CCc1cnccc1-c1noc(Cc2ccccc2O)n1. The van der Waals surface area contributed by atoms with Crippen LogP contribution in [0.25, 0.3) is 11.4 Å². The van der Waals surface area contributed by atoms with Gasteiger partial charge in [-0.15, -0.1) is 0 Å². The van der Waals surface area contributed by atoms with Crippen LogP contribution in [0.5, 0.6) is 5.75 Å². The molecule has 0 saturated carbocycles. The van der Waals surface area contributed by atoms with E-state index in [0.717, 1.165) is 23.1 Å². The summed E-state index contributed by atoms with van der Waals surface area (Å²) in [6, 6.07) is 9.01. The molecule has 0 atom stereocenters. The van der Waals surface area contributed by atoms with Gasteiger partial charge in [0.25, 0.3) is 0 Å². The number of hydrogen-bond acceptors (Lipinski definition) is 5. The first-order chi connectivity index (χ1) is 10.3. The van der Waals surface area contributed by atoms with Crippen LogP contribution in [0, 0.1) is 0 Å². The summed E-state index contributed by atoms with van der Waals surface area (Å²) in [5.41, 5.74) is 2.77. The number of benzene rings is 1. The van der Waals surface area contributed by atoms with Crippen molar-refractivity contribution in [1.29, 1.82) is 0 Å². The van der Waals surface area contributed by atoms with Gasteiger partial charge in [-0.2, -0.15) is 4.98 Å². The third kappa shape index (κ3) is 2.76. The highest BCUT2D eigenvalue weighted by Crippen LogP contribution is 2.23. The number of para-hydroxylation sites is 1. The maximum Gasteiger partial charge on any atom is 0.231 e. The number of nitrogens with zero attached hydrogens (tertiary/aromatic N) is 3. The quantitative estimate of drug-likeness (QED) is 0.796. The van der Waals surface area contributed by atoms with E-state index >= 15 is 0 Å². The lowest BCUT2D eigenvalue weighted by Gasteiger charge is -2.01. The number of pyridine rings is 1. The summed E-state index contributed by atoms with van der Waals surface area (Å²) in [6.07, 6.45) is 4.79. The zero-order valence-electron chi connectivity index (χ0n) is 11.7. The maximum atomic E-state index is 9.78. The largest absolute Gasteiger partial charge is 0.508 e. The third-order valence-electron chi connectivity index (χ3n) is 3.33. The van der Waals surface area contributed by atoms with E-state index in [0.29, 0.717) is 18.1 Å². The van der Waals surface area contributed by atoms with Crippen molar-refractivity contribution in [2.45, 2.75) is 19.8 Å². The summed E-state index contributed by atoms with van der Waals surface area (Å²) < 4.78 is 5.28. The van der Waals surface area contributed by atoms with Crippen molar-refractivity contribution in [1.82, 2.24) is 15.1 Å². The van der Waals surface area contributed by atoms with Crippen molar-refractivity contribution in [3.63, 3.8) is 0 Å². The fourth-order valence-corrected chi connectivity index (χ4v) is 2.19. The molecule has 0 aliphatic heterocycles. The molecule has 2 heterocycles. The summed E-state index contributed by atoms with van der Waals surface area (Å²) >= 11 is 0. The van der Waals surface area contributed by atoms with Crippen molar-refractivity contribution in [2.75, 3.05) is 0 Å². The second-order valence-electron chi connectivity index (χ2n) is 4.70. The number of hydrogen-bond donors (Lipinski definition) is 1. The van der Waals surface area contributed by atoms with E-state index in [4.69, 9.17) is 4.52 Å². The first-order valence-electron chi connectivity index (χ1n) is 6.80. The van der Waals surface area contributed by atoms with Gasteiger partial charge < -0.3 is 9.63 Å². The lowest BCUT2D eigenvalue weighted by molar-refractivity contribution is 0.383. The van der Waals surface area contributed by atoms with Gasteiger partial charge in [-0.05, 0) is 24.1 Å². The van der Waals surface area contributed by atoms with E-state index in [-0.39, 0.29) is 5.75 Å². The number of aromatic hydroxyl groups is 1. The van der Waals surface area contributed by atoms with Crippen LogP contribution in [0.15, 0.2) is 47.2 Å². The Hall–Kier alpha value is -2.69. The Morgan fingerprint density at radius 1 is 1.14 bits per heavy atom. The lowest BCUT2D eigenvalue weighted by Crippen LogP contribution is -1.92. The van der Waals surface area contributed by atoms with Crippen LogP contribution in [0.3, 0.4) is 0 Å². The Balaban J connectivity index is 1.89. The molecule has 5 nitrogen and oxygen atoms in total. The highest BCUT2D eigenvalue weighted by molar-refractivity contribution is 5.58. The molecule has 3 aromatic rings. The number of phenolic OH excluding ortho intramolecular Hbond substituents is 1. The Labute approximate surface area is 122 Å². The molecule has 21 heavy (non-hydrogen) atoms. The zero-order chi connectivity index (χ0) is 14.7. The molecule has 1 N–H and O–H groups in total. The molecule has 0 bridgehead atoms. The van der Waals surface area contributed by atoms with Gasteiger partial charge in [0.1, 0.15) is 5.75 Å². The second-order valence-corrected chi connectivity index (χ2v) is 4.70. The lowest BCUT2D eigenvalue weighted by atomic mass is 10.1. The van der Waals surface area contributed by atoms with Crippen molar-refractivity contribution in [3.8, 4) is 17.1 Å². The zero-order valence-corrected chi connectivity index (χ0v) is 11.7. The average Bonchev–Trinajstić information content (AvgIpc) is 2.98. The van der Waals surface area contributed by atoms with E-state index in [2.05, 4.69) is 22.0 Å². The molecule has 0 aliphatic carbocycles. The van der Waals surface area contributed by atoms with Gasteiger partial charge in [0, 0.05) is 23.5 Å². The second kappa shape index (κ2) is 5.75. The average molecular weight is 281 g/mol. The summed E-state index contributed by atoms with van der Waals surface area (Å²) in [7, 11) is 0. The van der Waals surface area contributed by atoms with Crippen LogP contribution < -0.4 is 0 Å². The van der Waals surface area contributed by atoms with Crippen LogP contribution in [0.1, 0.15) is 23.9 Å². The monoisotopic (exact) mass is 281 g/mol. The molecule has 0 unspecified atom stereocenters. The van der Waals surface area contributed by atoms with Gasteiger partial charge in [0.2, 0.25) is 11.7 Å². The first-order valence-corrected chi connectivity index (χ1v) is 6.80. The number of aromatic nitrogens is 3. The molecular formula is C16H15N3O2. The molecule has 0 fully saturated rings. The van der Waals surface area contributed by atoms with E-state index in [9.17, 15) is 5.11 Å². The van der Waals surface area contributed by atoms with Crippen LogP contribution in [0.4, 0.5) is 0 Å². The van der Waals surface area contributed by atoms with Gasteiger partial charge in [-0.25, -0.2) is 0 Å². The van der Waals surface area contributed by atoms with Gasteiger partial charge in [-0.1, -0.05) is 30.3 Å². The number of aryl methyl sites for hydroxylation is 1. The standard InChI is InChI=1S/C16H15N3O2/c1-2-11-10-17-8-7-13(11)16-18-15(21-19-16)9-12-5-3-4-6-14(12)20/h3-8,10,20H,2,9H2,1H3. The van der Waals surface area contributed by atoms with Crippen LogP contribution >= 0.6 is 0 Å². The van der Waals surface area contributed by atoms with Gasteiger partial charge in [0.05, 0.1) is 6.42 Å². The normalized spacial score (nSPS) is 10.7. The molecule has 0 radical (unpaired) electrons. The summed E-state index contributed by atoms with van der Waals surface area (Å²) in [4.78, 5) is 8.52. The minimum absolute atomic E-state index is 0.232. The van der Waals surface area contributed by atoms with E-state index in [1.54, 1.807) is 18.3 Å². The Kier molecular flexibility index (Phi) is 3.64. The van der Waals surface area contributed by atoms with Gasteiger partial charge >= 0.3 is 0 Å². The maximum absolute atomic E-state index is 9.78. The first kappa shape index (κ1) is 13.3. The molecule has 5 heteroatoms. The molecule has 0 amide bonds. The molecule has 0 aliphatic rings. The summed E-state index contributed by atoms with van der Waals surface area (Å²) in [5.74, 6) is 1.26. The Bertz CT molecular complexity index is 753.